The Morgan fingerprint density at radius 3 is 2.62 bits per heavy atom. The third-order valence-electron chi connectivity index (χ3n) is 4.34. The second kappa shape index (κ2) is 7.28. The van der Waals surface area contributed by atoms with Gasteiger partial charge in [-0.2, -0.15) is 0 Å². The zero-order valence-electron chi connectivity index (χ0n) is 12.9. The van der Waals surface area contributed by atoms with Crippen LogP contribution in [0.1, 0.15) is 48.5 Å². The molecule has 1 amide bonds. The maximum atomic E-state index is 12.7. The Kier molecular flexibility index (Phi) is 5.41. The van der Waals surface area contributed by atoms with Gasteiger partial charge in [-0.05, 0) is 43.7 Å². The van der Waals surface area contributed by atoms with Gasteiger partial charge in [-0.1, -0.05) is 30.9 Å². The molecular formula is C18H24N2O. The molecule has 2 rings (SSSR count). The topological polar surface area (TPSA) is 46.3 Å². The standard InChI is InChI=1S/C18H24N2O/c1-14-9-11-16(12-10-14)20(2)18(21)17-8-4-3-6-15(17)7-5-13-19/h3-4,6,8,14,16H,9-13,19H2,1-2H3. The first-order chi connectivity index (χ1) is 10.1. The summed E-state index contributed by atoms with van der Waals surface area (Å²) in [7, 11) is 1.91. The quantitative estimate of drug-likeness (QED) is 0.849. The van der Waals surface area contributed by atoms with E-state index in [1.165, 1.54) is 12.8 Å². The Morgan fingerprint density at radius 1 is 1.29 bits per heavy atom. The summed E-state index contributed by atoms with van der Waals surface area (Å²) in [6.45, 7) is 2.59. The molecule has 0 atom stereocenters. The minimum Gasteiger partial charge on any atom is -0.339 e. The van der Waals surface area contributed by atoms with E-state index >= 15 is 0 Å². The number of hydrogen-bond acceptors (Lipinski definition) is 2. The predicted octanol–water partition coefficient (Wildman–Crippen LogP) is 2.65. The molecule has 0 spiro atoms. The Balaban J connectivity index is 2.16. The molecule has 2 N–H and O–H groups in total. The van der Waals surface area contributed by atoms with Crippen LogP contribution >= 0.6 is 0 Å². The number of carbonyl (C=O) groups excluding carboxylic acids is 1. The normalized spacial score (nSPS) is 21.3. The van der Waals surface area contributed by atoms with Gasteiger partial charge in [0.1, 0.15) is 0 Å². The molecule has 1 fully saturated rings. The zero-order chi connectivity index (χ0) is 15.2. The van der Waals surface area contributed by atoms with E-state index < -0.39 is 0 Å². The van der Waals surface area contributed by atoms with Gasteiger partial charge in [0.15, 0.2) is 0 Å². The highest BCUT2D eigenvalue weighted by atomic mass is 16.2. The van der Waals surface area contributed by atoms with Crippen LogP contribution in [0.25, 0.3) is 0 Å². The van der Waals surface area contributed by atoms with Crippen molar-refractivity contribution in [3.8, 4) is 11.8 Å². The van der Waals surface area contributed by atoms with Crippen LogP contribution < -0.4 is 5.73 Å². The molecule has 1 aliphatic carbocycles. The molecule has 0 aromatic heterocycles. The third kappa shape index (κ3) is 3.86. The van der Waals surface area contributed by atoms with Crippen LogP contribution in [0.3, 0.4) is 0 Å². The van der Waals surface area contributed by atoms with E-state index in [-0.39, 0.29) is 5.91 Å². The van der Waals surface area contributed by atoms with Gasteiger partial charge in [-0.25, -0.2) is 0 Å². The van der Waals surface area contributed by atoms with E-state index in [1.807, 2.05) is 36.2 Å². The van der Waals surface area contributed by atoms with Gasteiger partial charge in [0.25, 0.3) is 5.91 Å². The van der Waals surface area contributed by atoms with Crippen molar-refractivity contribution in [2.24, 2.45) is 11.7 Å². The summed E-state index contributed by atoms with van der Waals surface area (Å²) in [4.78, 5) is 14.6. The number of hydrogen-bond donors (Lipinski definition) is 1. The first kappa shape index (κ1) is 15.6. The number of amides is 1. The number of benzene rings is 1. The van der Waals surface area contributed by atoms with Gasteiger partial charge in [0, 0.05) is 18.7 Å². The van der Waals surface area contributed by atoms with E-state index in [2.05, 4.69) is 18.8 Å². The van der Waals surface area contributed by atoms with Crippen LogP contribution in [0.2, 0.25) is 0 Å². The molecule has 1 saturated carbocycles. The molecule has 0 saturated heterocycles. The Labute approximate surface area is 127 Å². The minimum atomic E-state index is 0.0662. The van der Waals surface area contributed by atoms with Crippen molar-refractivity contribution in [2.75, 3.05) is 13.6 Å². The Hall–Kier alpha value is -1.79. The van der Waals surface area contributed by atoms with Crippen LogP contribution in [0, 0.1) is 17.8 Å². The van der Waals surface area contributed by atoms with E-state index in [1.54, 1.807) is 0 Å². The molecule has 0 heterocycles. The maximum Gasteiger partial charge on any atom is 0.255 e. The fraction of sp³-hybridized carbons (Fsp3) is 0.500. The van der Waals surface area contributed by atoms with Crippen molar-refractivity contribution in [1.29, 1.82) is 0 Å². The van der Waals surface area contributed by atoms with E-state index in [4.69, 9.17) is 5.73 Å². The SMILES string of the molecule is CC1CCC(N(C)C(=O)c2ccccc2C#CCN)CC1. The van der Waals surface area contributed by atoms with Crippen LogP contribution in [0.15, 0.2) is 24.3 Å². The van der Waals surface area contributed by atoms with E-state index in [0.29, 0.717) is 18.2 Å². The maximum absolute atomic E-state index is 12.7. The fourth-order valence-electron chi connectivity index (χ4n) is 2.91. The van der Waals surface area contributed by atoms with Crippen molar-refractivity contribution >= 4 is 5.91 Å². The van der Waals surface area contributed by atoms with Crippen molar-refractivity contribution in [2.45, 2.75) is 38.6 Å². The van der Waals surface area contributed by atoms with Crippen LogP contribution in [-0.2, 0) is 0 Å². The highest BCUT2D eigenvalue weighted by molar-refractivity contribution is 5.96. The summed E-state index contributed by atoms with van der Waals surface area (Å²) in [5.41, 5.74) is 6.87. The zero-order valence-corrected chi connectivity index (χ0v) is 12.9. The second-order valence-corrected chi connectivity index (χ2v) is 5.88. The lowest BCUT2D eigenvalue weighted by Crippen LogP contribution is -2.39. The van der Waals surface area contributed by atoms with Gasteiger partial charge in [0.05, 0.1) is 12.1 Å². The molecule has 0 radical (unpaired) electrons. The fourth-order valence-corrected chi connectivity index (χ4v) is 2.91. The molecule has 0 aliphatic heterocycles. The Morgan fingerprint density at radius 2 is 1.95 bits per heavy atom. The summed E-state index contributed by atoms with van der Waals surface area (Å²) >= 11 is 0. The number of carbonyl (C=O) groups is 1. The largest absolute Gasteiger partial charge is 0.339 e. The average Bonchev–Trinajstić information content (AvgIpc) is 2.52. The highest BCUT2D eigenvalue weighted by Gasteiger charge is 2.26. The van der Waals surface area contributed by atoms with E-state index in [0.717, 1.165) is 24.3 Å². The Bertz CT molecular complexity index is 548. The lowest BCUT2D eigenvalue weighted by atomic mass is 9.86. The van der Waals surface area contributed by atoms with E-state index in [9.17, 15) is 4.79 Å². The summed E-state index contributed by atoms with van der Waals surface area (Å²) in [6, 6.07) is 7.87. The number of rotatable bonds is 2. The first-order valence-corrected chi connectivity index (χ1v) is 7.68. The van der Waals surface area contributed by atoms with Crippen molar-refractivity contribution in [3.63, 3.8) is 0 Å². The first-order valence-electron chi connectivity index (χ1n) is 7.68. The molecule has 1 aromatic rings. The second-order valence-electron chi connectivity index (χ2n) is 5.88. The minimum absolute atomic E-state index is 0.0662. The average molecular weight is 284 g/mol. The predicted molar refractivity (Wildman–Crippen MR) is 85.9 cm³/mol. The summed E-state index contributed by atoms with van der Waals surface area (Å²) in [5.74, 6) is 6.68. The smallest absolute Gasteiger partial charge is 0.255 e. The molecule has 0 bridgehead atoms. The van der Waals surface area contributed by atoms with Gasteiger partial charge < -0.3 is 10.6 Å². The number of nitrogens with zero attached hydrogens (tertiary/aromatic N) is 1. The van der Waals surface area contributed by atoms with Gasteiger partial charge in [0.2, 0.25) is 0 Å². The van der Waals surface area contributed by atoms with Crippen LogP contribution in [-0.4, -0.2) is 30.4 Å². The van der Waals surface area contributed by atoms with Crippen LogP contribution in [0.5, 0.6) is 0 Å². The summed E-state index contributed by atoms with van der Waals surface area (Å²) in [5, 5.41) is 0. The molecule has 21 heavy (non-hydrogen) atoms. The molecule has 3 heteroatoms. The van der Waals surface area contributed by atoms with Gasteiger partial charge in [-0.15, -0.1) is 0 Å². The molecule has 1 aromatic carbocycles. The number of nitrogens with two attached hydrogens (primary N) is 1. The lowest BCUT2D eigenvalue weighted by molar-refractivity contribution is 0.0679. The van der Waals surface area contributed by atoms with Crippen molar-refractivity contribution < 1.29 is 4.79 Å². The molecule has 1 aliphatic rings. The summed E-state index contributed by atoms with van der Waals surface area (Å²) < 4.78 is 0. The lowest BCUT2D eigenvalue weighted by Gasteiger charge is -2.33. The van der Waals surface area contributed by atoms with Crippen molar-refractivity contribution in [1.82, 2.24) is 4.90 Å². The molecule has 112 valence electrons. The van der Waals surface area contributed by atoms with Crippen molar-refractivity contribution in [3.05, 3.63) is 35.4 Å². The van der Waals surface area contributed by atoms with Gasteiger partial charge >= 0.3 is 0 Å². The molecular weight excluding hydrogens is 260 g/mol. The molecule has 0 unspecified atom stereocenters. The van der Waals surface area contributed by atoms with Gasteiger partial charge in [-0.3, -0.25) is 4.79 Å². The van der Waals surface area contributed by atoms with Crippen LogP contribution in [0.4, 0.5) is 0 Å². The third-order valence-corrected chi connectivity index (χ3v) is 4.34. The monoisotopic (exact) mass is 284 g/mol. The summed E-state index contributed by atoms with van der Waals surface area (Å²) in [6.07, 6.45) is 4.61. The highest BCUT2D eigenvalue weighted by Crippen LogP contribution is 2.27. The molecule has 3 nitrogen and oxygen atoms in total.